The Morgan fingerprint density at radius 1 is 1.22 bits per heavy atom. The third-order valence-electron chi connectivity index (χ3n) is 4.25. The number of benzene rings is 1. The van der Waals surface area contributed by atoms with Crippen molar-refractivity contribution in [1.82, 2.24) is 10.2 Å². The summed E-state index contributed by atoms with van der Waals surface area (Å²) in [5, 5.41) is 2.92. The summed E-state index contributed by atoms with van der Waals surface area (Å²) in [4.78, 5) is 14.4. The van der Waals surface area contributed by atoms with Crippen molar-refractivity contribution in [3.05, 3.63) is 59.8 Å². The zero-order valence-electron chi connectivity index (χ0n) is 13.0. The van der Waals surface area contributed by atoms with Gasteiger partial charge in [-0.2, -0.15) is 0 Å². The van der Waals surface area contributed by atoms with Gasteiger partial charge in [0, 0.05) is 6.54 Å². The monoisotopic (exact) mass is 316 g/mol. The molecular weight excluding hydrogens is 295 g/mol. The molecule has 1 saturated heterocycles. The van der Waals surface area contributed by atoms with E-state index in [-0.39, 0.29) is 24.2 Å². The van der Waals surface area contributed by atoms with E-state index in [1.165, 1.54) is 18.9 Å². The molecule has 0 aliphatic carbocycles. The normalized spacial score (nSPS) is 16.4. The van der Waals surface area contributed by atoms with Crippen LogP contribution in [0.15, 0.2) is 47.1 Å². The lowest BCUT2D eigenvalue weighted by Gasteiger charge is -2.26. The number of furan rings is 1. The average molecular weight is 316 g/mol. The number of carbonyl (C=O) groups excluding carboxylic acids is 1. The van der Waals surface area contributed by atoms with Gasteiger partial charge in [-0.25, -0.2) is 4.39 Å². The second-order valence-electron chi connectivity index (χ2n) is 5.85. The summed E-state index contributed by atoms with van der Waals surface area (Å²) in [6.45, 7) is 2.49. The number of likely N-dealkylation sites (tertiary alicyclic amines) is 1. The maximum atomic E-state index is 13.6. The molecule has 2 heterocycles. The Morgan fingerprint density at radius 2 is 2.00 bits per heavy atom. The minimum atomic E-state index is -0.343. The summed E-state index contributed by atoms with van der Waals surface area (Å²) in [6, 6.07) is 10.2. The van der Waals surface area contributed by atoms with E-state index in [1.807, 2.05) is 12.1 Å². The van der Waals surface area contributed by atoms with Crippen LogP contribution in [-0.2, 0) is 11.2 Å². The van der Waals surface area contributed by atoms with Crippen molar-refractivity contribution in [2.75, 3.05) is 19.6 Å². The molecule has 2 aromatic rings. The van der Waals surface area contributed by atoms with E-state index in [2.05, 4.69) is 10.2 Å². The molecule has 1 atom stereocenters. The molecule has 122 valence electrons. The number of nitrogens with one attached hydrogen (secondary N) is 1. The summed E-state index contributed by atoms with van der Waals surface area (Å²) in [5.74, 6) is 0.341. The molecule has 23 heavy (non-hydrogen) atoms. The molecule has 1 aliphatic rings. The summed E-state index contributed by atoms with van der Waals surface area (Å²) in [5.41, 5.74) is 0.417. The van der Waals surface area contributed by atoms with Crippen molar-refractivity contribution in [3.63, 3.8) is 0 Å². The molecule has 0 spiro atoms. The highest BCUT2D eigenvalue weighted by molar-refractivity contribution is 5.78. The van der Waals surface area contributed by atoms with Crippen LogP contribution in [0.2, 0.25) is 0 Å². The van der Waals surface area contributed by atoms with E-state index < -0.39 is 0 Å². The van der Waals surface area contributed by atoms with E-state index in [1.54, 1.807) is 24.5 Å². The van der Waals surface area contributed by atoms with E-state index in [4.69, 9.17) is 4.42 Å². The molecule has 1 amide bonds. The Kier molecular flexibility index (Phi) is 5.08. The molecule has 3 rings (SSSR count). The molecule has 1 N–H and O–H groups in total. The van der Waals surface area contributed by atoms with Crippen LogP contribution in [0.3, 0.4) is 0 Å². The summed E-state index contributed by atoms with van der Waals surface area (Å²) in [7, 11) is 0. The van der Waals surface area contributed by atoms with Crippen LogP contribution >= 0.6 is 0 Å². The van der Waals surface area contributed by atoms with E-state index in [0.29, 0.717) is 12.1 Å². The zero-order valence-corrected chi connectivity index (χ0v) is 13.0. The van der Waals surface area contributed by atoms with Gasteiger partial charge in [0.25, 0.3) is 0 Å². The predicted octanol–water partition coefficient (Wildman–Crippen LogP) is 2.91. The summed E-state index contributed by atoms with van der Waals surface area (Å²) >= 11 is 0. The van der Waals surface area contributed by atoms with Crippen molar-refractivity contribution in [3.8, 4) is 0 Å². The maximum Gasteiger partial charge on any atom is 0.224 e. The number of nitrogens with zero attached hydrogens (tertiary/aromatic N) is 1. The van der Waals surface area contributed by atoms with Crippen LogP contribution in [0.25, 0.3) is 0 Å². The molecular formula is C18H21FN2O2. The fraction of sp³-hybridized carbons (Fsp3) is 0.389. The SMILES string of the molecule is O=C(Cc1ccccc1F)NCC(c1ccco1)N1CCCC1. The maximum absolute atomic E-state index is 13.6. The number of rotatable bonds is 6. The lowest BCUT2D eigenvalue weighted by Crippen LogP contribution is -2.37. The minimum absolute atomic E-state index is 0.0390. The van der Waals surface area contributed by atoms with Crippen LogP contribution < -0.4 is 5.32 Å². The highest BCUT2D eigenvalue weighted by Gasteiger charge is 2.25. The van der Waals surface area contributed by atoms with Gasteiger partial charge < -0.3 is 9.73 Å². The Labute approximate surface area is 135 Å². The second kappa shape index (κ2) is 7.42. The molecule has 1 aromatic heterocycles. The molecule has 1 aromatic carbocycles. The summed E-state index contributed by atoms with van der Waals surface area (Å²) < 4.78 is 19.1. The Bertz CT molecular complexity index is 636. The van der Waals surface area contributed by atoms with Crippen LogP contribution in [0, 0.1) is 5.82 Å². The zero-order chi connectivity index (χ0) is 16.1. The van der Waals surface area contributed by atoms with Crippen molar-refractivity contribution in [2.24, 2.45) is 0 Å². The lowest BCUT2D eigenvalue weighted by molar-refractivity contribution is -0.120. The van der Waals surface area contributed by atoms with Gasteiger partial charge in [-0.15, -0.1) is 0 Å². The van der Waals surface area contributed by atoms with Crippen LogP contribution in [0.1, 0.15) is 30.2 Å². The number of amides is 1. The molecule has 0 bridgehead atoms. The Morgan fingerprint density at radius 3 is 2.70 bits per heavy atom. The minimum Gasteiger partial charge on any atom is -0.468 e. The highest BCUT2D eigenvalue weighted by atomic mass is 19.1. The molecule has 1 aliphatic heterocycles. The predicted molar refractivity (Wildman–Crippen MR) is 85.4 cm³/mol. The fourth-order valence-corrected chi connectivity index (χ4v) is 3.03. The van der Waals surface area contributed by atoms with Crippen molar-refractivity contribution in [1.29, 1.82) is 0 Å². The summed E-state index contributed by atoms with van der Waals surface area (Å²) in [6.07, 6.45) is 4.04. The van der Waals surface area contributed by atoms with Gasteiger partial charge in [0.2, 0.25) is 5.91 Å². The first-order chi connectivity index (χ1) is 11.2. The van der Waals surface area contributed by atoms with Crippen LogP contribution in [0.4, 0.5) is 4.39 Å². The molecule has 1 fully saturated rings. The highest BCUT2D eigenvalue weighted by Crippen LogP contribution is 2.24. The van der Waals surface area contributed by atoms with E-state index in [9.17, 15) is 9.18 Å². The number of hydrogen-bond acceptors (Lipinski definition) is 3. The Hall–Kier alpha value is -2.14. The lowest BCUT2D eigenvalue weighted by atomic mass is 10.1. The smallest absolute Gasteiger partial charge is 0.224 e. The molecule has 4 nitrogen and oxygen atoms in total. The first-order valence-corrected chi connectivity index (χ1v) is 8.01. The van der Waals surface area contributed by atoms with Crippen molar-refractivity contribution < 1.29 is 13.6 Å². The van der Waals surface area contributed by atoms with Crippen LogP contribution in [-0.4, -0.2) is 30.4 Å². The first kappa shape index (κ1) is 15.7. The number of halogens is 1. The molecule has 0 radical (unpaired) electrons. The quantitative estimate of drug-likeness (QED) is 0.891. The Balaban J connectivity index is 1.60. The van der Waals surface area contributed by atoms with Gasteiger partial charge in [-0.3, -0.25) is 9.69 Å². The average Bonchev–Trinajstić information content (AvgIpc) is 3.23. The molecule has 0 saturated carbocycles. The van der Waals surface area contributed by atoms with Crippen molar-refractivity contribution >= 4 is 5.91 Å². The van der Waals surface area contributed by atoms with Gasteiger partial charge in [0.15, 0.2) is 0 Å². The van der Waals surface area contributed by atoms with E-state index >= 15 is 0 Å². The standard InChI is InChI=1S/C18H21FN2O2/c19-15-7-2-1-6-14(15)12-18(22)20-13-16(17-8-5-11-23-17)21-9-3-4-10-21/h1-2,5-8,11,16H,3-4,9-10,12-13H2,(H,20,22). The van der Waals surface area contributed by atoms with E-state index in [0.717, 1.165) is 18.8 Å². The number of hydrogen-bond donors (Lipinski definition) is 1. The fourth-order valence-electron chi connectivity index (χ4n) is 3.03. The van der Waals surface area contributed by atoms with Crippen LogP contribution in [0.5, 0.6) is 0 Å². The third kappa shape index (κ3) is 3.99. The topological polar surface area (TPSA) is 45.5 Å². The van der Waals surface area contributed by atoms with Gasteiger partial charge in [0.1, 0.15) is 11.6 Å². The largest absolute Gasteiger partial charge is 0.468 e. The molecule has 5 heteroatoms. The van der Waals surface area contributed by atoms with Gasteiger partial charge in [-0.05, 0) is 49.7 Å². The van der Waals surface area contributed by atoms with Gasteiger partial charge in [-0.1, -0.05) is 18.2 Å². The first-order valence-electron chi connectivity index (χ1n) is 8.01. The van der Waals surface area contributed by atoms with Gasteiger partial charge >= 0.3 is 0 Å². The second-order valence-corrected chi connectivity index (χ2v) is 5.85. The van der Waals surface area contributed by atoms with Crippen molar-refractivity contribution in [2.45, 2.75) is 25.3 Å². The van der Waals surface area contributed by atoms with Gasteiger partial charge in [0.05, 0.1) is 18.7 Å². The number of carbonyl (C=O) groups is 1. The molecule has 1 unspecified atom stereocenters. The third-order valence-corrected chi connectivity index (χ3v) is 4.25.